The second-order valence-electron chi connectivity index (χ2n) is 6.60. The SMILES string of the molecule is Cc1cccc2c1O[P@](=O)(OCC1C=CC(n3cc(C)c(=O)[nH]c3=O)O1)OC2. The van der Waals surface area contributed by atoms with Crippen molar-refractivity contribution in [2.45, 2.75) is 32.8 Å². The first-order valence-corrected chi connectivity index (χ1v) is 10.1. The number of rotatable bonds is 4. The van der Waals surface area contributed by atoms with Crippen molar-refractivity contribution < 1.29 is 22.9 Å². The van der Waals surface area contributed by atoms with Crippen molar-refractivity contribution in [2.75, 3.05) is 6.61 Å². The summed E-state index contributed by atoms with van der Waals surface area (Å²) in [6.45, 7) is 3.50. The van der Waals surface area contributed by atoms with Crippen LogP contribution in [0.25, 0.3) is 0 Å². The maximum Gasteiger partial charge on any atom is 0.530 e. The van der Waals surface area contributed by atoms with Gasteiger partial charge in [0.1, 0.15) is 11.9 Å². The smallest absolute Gasteiger partial charge is 0.403 e. The average molecular weight is 406 g/mol. The van der Waals surface area contributed by atoms with Gasteiger partial charge in [0.05, 0.1) is 13.2 Å². The lowest BCUT2D eigenvalue weighted by Crippen LogP contribution is -2.33. The van der Waals surface area contributed by atoms with Crippen molar-refractivity contribution in [3.05, 3.63) is 74.1 Å². The Morgan fingerprint density at radius 1 is 1.25 bits per heavy atom. The van der Waals surface area contributed by atoms with Gasteiger partial charge < -0.3 is 9.26 Å². The molecule has 148 valence electrons. The minimum absolute atomic E-state index is 0.0808. The van der Waals surface area contributed by atoms with Crippen LogP contribution in [0.4, 0.5) is 0 Å². The van der Waals surface area contributed by atoms with Gasteiger partial charge in [-0.2, -0.15) is 0 Å². The molecule has 2 aromatic rings. The summed E-state index contributed by atoms with van der Waals surface area (Å²) in [5.41, 5.74) is 1.02. The van der Waals surface area contributed by atoms with Crippen LogP contribution in [0.3, 0.4) is 0 Å². The third-order valence-corrected chi connectivity index (χ3v) is 5.81. The van der Waals surface area contributed by atoms with E-state index in [1.54, 1.807) is 19.1 Å². The van der Waals surface area contributed by atoms with E-state index in [-0.39, 0.29) is 13.2 Å². The number of aromatic nitrogens is 2. The van der Waals surface area contributed by atoms with Gasteiger partial charge in [0, 0.05) is 17.3 Å². The van der Waals surface area contributed by atoms with E-state index < -0.39 is 31.4 Å². The van der Waals surface area contributed by atoms with E-state index in [2.05, 4.69) is 4.98 Å². The van der Waals surface area contributed by atoms with Crippen LogP contribution in [0, 0.1) is 13.8 Å². The van der Waals surface area contributed by atoms with Crippen LogP contribution in [-0.4, -0.2) is 22.3 Å². The van der Waals surface area contributed by atoms with E-state index in [4.69, 9.17) is 18.3 Å². The van der Waals surface area contributed by atoms with Gasteiger partial charge in [-0.25, -0.2) is 9.36 Å². The number of ether oxygens (including phenoxy) is 1. The van der Waals surface area contributed by atoms with Gasteiger partial charge in [-0.05, 0) is 25.5 Å². The van der Waals surface area contributed by atoms with Crippen molar-refractivity contribution >= 4 is 7.82 Å². The number of nitrogens with zero attached hydrogens (tertiary/aromatic N) is 1. The monoisotopic (exact) mass is 406 g/mol. The quantitative estimate of drug-likeness (QED) is 0.613. The van der Waals surface area contributed by atoms with Crippen LogP contribution < -0.4 is 15.8 Å². The number of aromatic amines is 1. The summed E-state index contributed by atoms with van der Waals surface area (Å²) in [4.78, 5) is 25.7. The molecule has 3 heterocycles. The maximum atomic E-state index is 12.8. The predicted octanol–water partition coefficient (Wildman–Crippen LogP) is 2.34. The zero-order valence-electron chi connectivity index (χ0n) is 15.3. The Balaban J connectivity index is 1.41. The highest BCUT2D eigenvalue weighted by Crippen LogP contribution is 2.55. The highest BCUT2D eigenvalue weighted by molar-refractivity contribution is 7.49. The van der Waals surface area contributed by atoms with E-state index in [1.165, 1.54) is 10.8 Å². The first-order valence-electron chi connectivity index (χ1n) is 8.68. The lowest BCUT2D eigenvalue weighted by Gasteiger charge is -2.26. The molecule has 0 amide bonds. The fraction of sp³-hybridized carbons (Fsp3) is 0.333. The molecule has 2 unspecified atom stereocenters. The molecule has 0 bridgehead atoms. The van der Waals surface area contributed by atoms with E-state index in [9.17, 15) is 14.2 Å². The molecule has 0 fully saturated rings. The molecule has 0 spiro atoms. The van der Waals surface area contributed by atoms with Crippen LogP contribution >= 0.6 is 7.82 Å². The number of benzene rings is 1. The third-order valence-electron chi connectivity index (χ3n) is 4.50. The molecule has 1 aromatic heterocycles. The molecule has 1 N–H and O–H groups in total. The third kappa shape index (κ3) is 3.62. The normalized spacial score (nSPS) is 26.1. The highest BCUT2D eigenvalue weighted by Gasteiger charge is 2.36. The van der Waals surface area contributed by atoms with Crippen molar-refractivity contribution in [2.24, 2.45) is 0 Å². The predicted molar refractivity (Wildman–Crippen MR) is 99.3 cm³/mol. The average Bonchev–Trinajstić information content (AvgIpc) is 3.13. The van der Waals surface area contributed by atoms with Crippen LogP contribution in [0.5, 0.6) is 5.75 Å². The van der Waals surface area contributed by atoms with Crippen molar-refractivity contribution in [3.8, 4) is 5.75 Å². The molecule has 10 heteroatoms. The molecule has 0 aliphatic carbocycles. The number of aryl methyl sites for hydroxylation is 2. The Bertz CT molecular complexity index is 1100. The molecule has 4 rings (SSSR count). The molecule has 1 aromatic carbocycles. The van der Waals surface area contributed by atoms with Crippen LogP contribution in [0.15, 0.2) is 46.1 Å². The molecule has 3 atom stereocenters. The summed E-state index contributed by atoms with van der Waals surface area (Å²) >= 11 is 0. The molecule has 2 aliphatic heterocycles. The number of para-hydroxylation sites is 1. The fourth-order valence-electron chi connectivity index (χ4n) is 2.99. The van der Waals surface area contributed by atoms with Gasteiger partial charge in [-0.1, -0.05) is 24.3 Å². The van der Waals surface area contributed by atoms with Gasteiger partial charge >= 0.3 is 13.5 Å². The first kappa shape index (κ1) is 18.9. The summed E-state index contributed by atoms with van der Waals surface area (Å²) in [5, 5.41) is 0. The molecular formula is C18H19N2O7P. The molecule has 9 nitrogen and oxygen atoms in total. The lowest BCUT2D eigenvalue weighted by molar-refractivity contribution is -0.0130. The Hall–Kier alpha value is -2.45. The van der Waals surface area contributed by atoms with E-state index in [0.29, 0.717) is 11.3 Å². The van der Waals surface area contributed by atoms with E-state index in [0.717, 1.165) is 11.1 Å². The second-order valence-corrected chi connectivity index (χ2v) is 8.19. The van der Waals surface area contributed by atoms with Gasteiger partial charge in [-0.3, -0.25) is 23.4 Å². The number of nitrogens with one attached hydrogen (secondary N) is 1. The topological polar surface area (TPSA) is 109 Å². The molecule has 0 radical (unpaired) electrons. The molecule has 0 saturated heterocycles. The summed E-state index contributed by atoms with van der Waals surface area (Å²) < 4.78 is 36.0. The van der Waals surface area contributed by atoms with Crippen molar-refractivity contribution in [1.82, 2.24) is 9.55 Å². The Kier molecular flexibility index (Phi) is 4.84. The highest BCUT2D eigenvalue weighted by atomic mass is 31.2. The second kappa shape index (κ2) is 7.18. The van der Waals surface area contributed by atoms with Crippen molar-refractivity contribution in [1.29, 1.82) is 0 Å². The number of hydrogen-bond donors (Lipinski definition) is 1. The Labute approximate surface area is 160 Å². The minimum atomic E-state index is -3.77. The number of phosphoric acid groups is 1. The number of hydrogen-bond acceptors (Lipinski definition) is 7. The number of phosphoric ester groups is 1. The lowest BCUT2D eigenvalue weighted by atomic mass is 10.1. The Morgan fingerprint density at radius 3 is 2.89 bits per heavy atom. The van der Waals surface area contributed by atoms with Gasteiger partial charge in [-0.15, -0.1) is 0 Å². The van der Waals surface area contributed by atoms with Gasteiger partial charge in [0.15, 0.2) is 6.23 Å². The molecule has 28 heavy (non-hydrogen) atoms. The van der Waals surface area contributed by atoms with E-state index >= 15 is 0 Å². The largest absolute Gasteiger partial charge is 0.530 e. The van der Waals surface area contributed by atoms with Gasteiger partial charge in [0.2, 0.25) is 0 Å². The van der Waals surface area contributed by atoms with E-state index in [1.807, 2.05) is 25.1 Å². The summed E-state index contributed by atoms with van der Waals surface area (Å²) in [6, 6.07) is 5.56. The Morgan fingerprint density at radius 2 is 2.07 bits per heavy atom. The van der Waals surface area contributed by atoms with Crippen LogP contribution in [0.2, 0.25) is 0 Å². The fourth-order valence-corrected chi connectivity index (χ4v) is 4.28. The van der Waals surface area contributed by atoms with Crippen molar-refractivity contribution in [3.63, 3.8) is 0 Å². The number of fused-ring (bicyclic) bond motifs is 1. The van der Waals surface area contributed by atoms with Gasteiger partial charge in [0.25, 0.3) is 5.56 Å². The zero-order chi connectivity index (χ0) is 19.9. The molecule has 2 aliphatic rings. The van der Waals surface area contributed by atoms with Crippen LogP contribution in [0.1, 0.15) is 22.9 Å². The standard InChI is InChI=1S/C18H19N2O7P/c1-11-4-3-5-13-9-24-28(23,27-16(11)13)25-10-14-6-7-15(26-14)20-8-12(2)17(21)19-18(20)22/h3-8,14-15H,9-10H2,1-2H3,(H,19,21,22)/t14?,15?,28-/m0/s1. The molecule has 0 saturated carbocycles. The number of H-pyrrole nitrogens is 1. The zero-order valence-corrected chi connectivity index (χ0v) is 16.2. The summed E-state index contributed by atoms with van der Waals surface area (Å²) in [5.74, 6) is 0.508. The summed E-state index contributed by atoms with van der Waals surface area (Å²) in [6.07, 6.45) is 3.51. The van der Waals surface area contributed by atoms with Crippen LogP contribution in [-0.2, 0) is 25.0 Å². The summed E-state index contributed by atoms with van der Waals surface area (Å²) in [7, 11) is -3.77. The maximum absolute atomic E-state index is 12.8. The first-order chi connectivity index (χ1) is 13.3. The molecular weight excluding hydrogens is 387 g/mol. The minimum Gasteiger partial charge on any atom is -0.403 e.